The molecule has 0 aliphatic carbocycles. The molecule has 0 fully saturated rings. The minimum atomic E-state index is -1.08. The first kappa shape index (κ1) is 10.2. The second-order valence-corrected chi connectivity index (χ2v) is 2.96. The zero-order valence-corrected chi connectivity index (χ0v) is 7.54. The lowest BCUT2D eigenvalue weighted by atomic mass is 10.0. The van der Waals surface area contributed by atoms with E-state index < -0.39 is 11.8 Å². The van der Waals surface area contributed by atoms with Crippen LogP contribution < -0.4 is 0 Å². The highest BCUT2D eigenvalue weighted by molar-refractivity contribution is 5.71. The number of benzene rings is 1. The number of carbonyl (C=O) groups is 1. The predicted molar refractivity (Wildman–Crippen MR) is 47.2 cm³/mol. The molecule has 0 spiro atoms. The molecule has 0 aromatic heterocycles. The molecule has 1 aromatic rings. The molecule has 1 aromatic carbocycles. The van der Waals surface area contributed by atoms with Crippen LogP contribution in [-0.2, 0) is 11.2 Å². The maximum atomic E-state index is 13.1. The maximum absolute atomic E-state index is 13.1. The number of carboxylic acids is 1. The van der Waals surface area contributed by atoms with Crippen LogP contribution in [0.2, 0.25) is 0 Å². The molecule has 1 N–H and O–H groups in total. The summed E-state index contributed by atoms with van der Waals surface area (Å²) in [6, 6.07) is 4.38. The second kappa shape index (κ2) is 3.88. The molecule has 0 bridgehead atoms. The van der Waals surface area contributed by atoms with Gasteiger partial charge in [-0.05, 0) is 24.1 Å². The van der Waals surface area contributed by atoms with Crippen LogP contribution in [0.15, 0.2) is 12.1 Å². The van der Waals surface area contributed by atoms with E-state index in [1.54, 1.807) is 13.0 Å². The van der Waals surface area contributed by atoms with Crippen LogP contribution >= 0.6 is 0 Å². The first-order chi connectivity index (χ1) is 6.54. The number of aryl methyl sites for hydroxylation is 1. The Kier molecular flexibility index (Phi) is 2.82. The van der Waals surface area contributed by atoms with Gasteiger partial charge in [0.2, 0.25) is 0 Å². The molecule has 0 amide bonds. The molecule has 0 heterocycles. The topological polar surface area (TPSA) is 61.1 Å². The highest BCUT2D eigenvalue weighted by Gasteiger charge is 2.11. The van der Waals surface area contributed by atoms with Crippen LogP contribution in [0, 0.1) is 24.1 Å². The van der Waals surface area contributed by atoms with Crippen molar-refractivity contribution in [2.75, 3.05) is 0 Å². The Morgan fingerprint density at radius 2 is 2.29 bits per heavy atom. The van der Waals surface area contributed by atoms with Gasteiger partial charge in [0, 0.05) is 0 Å². The van der Waals surface area contributed by atoms with Crippen molar-refractivity contribution in [3.8, 4) is 6.07 Å². The van der Waals surface area contributed by atoms with Gasteiger partial charge in [0.25, 0.3) is 0 Å². The highest BCUT2D eigenvalue weighted by atomic mass is 19.1. The van der Waals surface area contributed by atoms with Gasteiger partial charge in [0.05, 0.1) is 12.0 Å². The highest BCUT2D eigenvalue weighted by Crippen LogP contribution is 2.16. The van der Waals surface area contributed by atoms with Crippen LogP contribution in [0.1, 0.15) is 16.7 Å². The van der Waals surface area contributed by atoms with Crippen LogP contribution in [0.3, 0.4) is 0 Å². The molecule has 0 aliphatic heterocycles. The Balaban J connectivity index is 3.26. The summed E-state index contributed by atoms with van der Waals surface area (Å²) in [5, 5.41) is 17.2. The fourth-order valence-electron chi connectivity index (χ4n) is 1.24. The van der Waals surface area contributed by atoms with Crippen molar-refractivity contribution in [3.05, 3.63) is 34.6 Å². The van der Waals surface area contributed by atoms with Crippen LogP contribution in [0.4, 0.5) is 4.39 Å². The third-order valence-electron chi connectivity index (χ3n) is 1.77. The van der Waals surface area contributed by atoms with Gasteiger partial charge in [0.1, 0.15) is 11.9 Å². The molecular weight excluding hydrogens is 185 g/mol. The lowest BCUT2D eigenvalue weighted by Crippen LogP contribution is -2.04. The Labute approximate surface area is 80.4 Å². The Morgan fingerprint density at radius 3 is 2.79 bits per heavy atom. The van der Waals surface area contributed by atoms with E-state index in [0.29, 0.717) is 5.56 Å². The van der Waals surface area contributed by atoms with Gasteiger partial charge < -0.3 is 5.11 Å². The Bertz CT molecular complexity index is 421. The Morgan fingerprint density at radius 1 is 1.64 bits per heavy atom. The van der Waals surface area contributed by atoms with Crippen molar-refractivity contribution in [1.29, 1.82) is 5.26 Å². The maximum Gasteiger partial charge on any atom is 0.307 e. The first-order valence-corrected chi connectivity index (χ1v) is 3.95. The summed E-state index contributed by atoms with van der Waals surface area (Å²) >= 11 is 0. The van der Waals surface area contributed by atoms with Gasteiger partial charge in [-0.1, -0.05) is 6.07 Å². The average Bonchev–Trinajstić information content (AvgIpc) is 2.01. The van der Waals surface area contributed by atoms with Crippen LogP contribution in [0.5, 0.6) is 0 Å². The normalized spacial score (nSPS) is 9.50. The fraction of sp³-hybridized carbons (Fsp3) is 0.200. The minimum Gasteiger partial charge on any atom is -0.481 e. The molecule has 0 saturated heterocycles. The zero-order valence-electron chi connectivity index (χ0n) is 7.54. The number of nitriles is 1. The molecule has 0 radical (unpaired) electrons. The SMILES string of the molecule is Cc1cc(F)c(C#N)c(CC(=O)O)c1. The summed E-state index contributed by atoms with van der Waals surface area (Å²) < 4.78 is 13.1. The van der Waals surface area contributed by atoms with Crippen molar-refractivity contribution < 1.29 is 14.3 Å². The third-order valence-corrected chi connectivity index (χ3v) is 1.77. The predicted octanol–water partition coefficient (Wildman–Crippen LogP) is 1.63. The van der Waals surface area contributed by atoms with Gasteiger partial charge in [-0.3, -0.25) is 4.79 Å². The molecule has 4 heteroatoms. The summed E-state index contributed by atoms with van der Waals surface area (Å²) in [5.74, 6) is -1.74. The second-order valence-electron chi connectivity index (χ2n) is 2.96. The third kappa shape index (κ3) is 2.07. The summed E-state index contributed by atoms with van der Waals surface area (Å²) in [6.45, 7) is 1.65. The van der Waals surface area contributed by atoms with E-state index >= 15 is 0 Å². The van der Waals surface area contributed by atoms with Gasteiger partial charge in [-0.25, -0.2) is 4.39 Å². The van der Waals surface area contributed by atoms with Crippen molar-refractivity contribution in [3.63, 3.8) is 0 Å². The lowest BCUT2D eigenvalue weighted by molar-refractivity contribution is -0.136. The number of rotatable bonds is 2. The van der Waals surface area contributed by atoms with Crippen LogP contribution in [-0.4, -0.2) is 11.1 Å². The van der Waals surface area contributed by atoms with Crippen molar-refractivity contribution in [2.45, 2.75) is 13.3 Å². The largest absolute Gasteiger partial charge is 0.481 e. The molecule has 0 saturated carbocycles. The standard InChI is InChI=1S/C10H8FNO2/c1-6-2-7(4-10(13)14)8(5-12)9(11)3-6/h2-3H,4H2,1H3,(H,13,14). The van der Waals surface area contributed by atoms with Gasteiger partial charge in [-0.2, -0.15) is 5.26 Å². The molecule has 72 valence electrons. The van der Waals surface area contributed by atoms with Crippen molar-refractivity contribution in [1.82, 2.24) is 0 Å². The summed E-state index contributed by atoms with van der Waals surface area (Å²) in [5.41, 5.74) is 0.647. The van der Waals surface area contributed by atoms with Gasteiger partial charge in [-0.15, -0.1) is 0 Å². The Hall–Kier alpha value is -1.89. The van der Waals surface area contributed by atoms with E-state index in [1.165, 1.54) is 12.1 Å². The molecule has 14 heavy (non-hydrogen) atoms. The number of carboxylic acid groups (broad SMARTS) is 1. The monoisotopic (exact) mass is 193 g/mol. The van der Waals surface area contributed by atoms with E-state index in [2.05, 4.69) is 0 Å². The zero-order chi connectivity index (χ0) is 10.7. The number of hydrogen-bond donors (Lipinski definition) is 1. The molecule has 0 atom stereocenters. The summed E-state index contributed by atoms with van der Waals surface area (Å²) in [7, 11) is 0. The molecule has 3 nitrogen and oxygen atoms in total. The van der Waals surface area contributed by atoms with Gasteiger partial charge >= 0.3 is 5.97 Å². The van der Waals surface area contributed by atoms with E-state index in [9.17, 15) is 9.18 Å². The number of aliphatic carboxylic acids is 1. The first-order valence-electron chi connectivity index (χ1n) is 3.95. The minimum absolute atomic E-state index is 0.182. The quantitative estimate of drug-likeness (QED) is 0.776. The fourth-order valence-corrected chi connectivity index (χ4v) is 1.24. The molecule has 0 aliphatic rings. The molecule has 0 unspecified atom stereocenters. The number of halogens is 1. The smallest absolute Gasteiger partial charge is 0.307 e. The van der Waals surface area contributed by atoms with E-state index in [1.807, 2.05) is 0 Å². The van der Waals surface area contributed by atoms with Crippen molar-refractivity contribution >= 4 is 5.97 Å². The van der Waals surface area contributed by atoms with E-state index in [-0.39, 0.29) is 17.5 Å². The van der Waals surface area contributed by atoms with E-state index in [4.69, 9.17) is 10.4 Å². The number of nitrogens with zero attached hydrogens (tertiary/aromatic N) is 1. The average molecular weight is 193 g/mol. The van der Waals surface area contributed by atoms with Gasteiger partial charge in [0.15, 0.2) is 0 Å². The van der Waals surface area contributed by atoms with Crippen molar-refractivity contribution in [2.24, 2.45) is 0 Å². The number of hydrogen-bond acceptors (Lipinski definition) is 2. The van der Waals surface area contributed by atoms with Crippen LogP contribution in [0.25, 0.3) is 0 Å². The summed E-state index contributed by atoms with van der Waals surface area (Å²) in [4.78, 5) is 10.4. The summed E-state index contributed by atoms with van der Waals surface area (Å²) in [6.07, 6.45) is -0.332. The lowest BCUT2D eigenvalue weighted by Gasteiger charge is -2.03. The van der Waals surface area contributed by atoms with E-state index in [0.717, 1.165) is 0 Å². The molecule has 1 rings (SSSR count). The molecular formula is C10H8FNO2.